The number of aromatic amines is 1. The zero-order chi connectivity index (χ0) is 18.1. The van der Waals surface area contributed by atoms with E-state index in [4.69, 9.17) is 9.84 Å². The number of anilines is 1. The molecule has 134 valence electrons. The monoisotopic (exact) mass is 344 g/mol. The van der Waals surface area contributed by atoms with Crippen LogP contribution in [0.3, 0.4) is 0 Å². The maximum Gasteiger partial charge on any atom is 0.255 e. The van der Waals surface area contributed by atoms with Gasteiger partial charge in [-0.25, -0.2) is 10.4 Å². The third-order valence-electron chi connectivity index (χ3n) is 3.61. The van der Waals surface area contributed by atoms with Crippen LogP contribution in [0.15, 0.2) is 34.2 Å². The Morgan fingerprint density at radius 3 is 2.76 bits per heavy atom. The molecule has 0 radical (unpaired) electrons. The second kappa shape index (κ2) is 9.58. The second-order valence-corrected chi connectivity index (χ2v) is 5.59. The Hall–Kier alpha value is -2.67. The van der Waals surface area contributed by atoms with Gasteiger partial charge in [-0.05, 0) is 43.2 Å². The van der Waals surface area contributed by atoms with Gasteiger partial charge in [0.15, 0.2) is 0 Å². The Morgan fingerprint density at radius 2 is 2.12 bits per heavy atom. The number of H-pyrrole nitrogens is 1. The highest BCUT2D eigenvalue weighted by Gasteiger charge is 2.06. The molecule has 0 atom stereocenters. The summed E-state index contributed by atoms with van der Waals surface area (Å²) in [5.41, 5.74) is 4.39. The zero-order valence-electron chi connectivity index (χ0n) is 14.6. The molecular formula is C18H24N4O3. The lowest BCUT2D eigenvalue weighted by Crippen LogP contribution is -2.19. The van der Waals surface area contributed by atoms with Gasteiger partial charge in [0.05, 0.1) is 18.5 Å². The molecule has 25 heavy (non-hydrogen) atoms. The van der Waals surface area contributed by atoms with E-state index in [2.05, 4.69) is 27.4 Å². The van der Waals surface area contributed by atoms with Gasteiger partial charge in [0.2, 0.25) is 5.95 Å². The van der Waals surface area contributed by atoms with Crippen LogP contribution in [0.2, 0.25) is 0 Å². The Kier molecular flexibility index (Phi) is 7.16. The van der Waals surface area contributed by atoms with Crippen molar-refractivity contribution in [3.63, 3.8) is 0 Å². The highest BCUT2D eigenvalue weighted by molar-refractivity contribution is 5.80. The van der Waals surface area contributed by atoms with Crippen molar-refractivity contribution in [3.05, 3.63) is 51.4 Å². The number of unbranched alkanes of at least 4 members (excludes halogenated alkanes) is 1. The normalized spacial score (nSPS) is 11.0. The molecule has 7 heteroatoms. The van der Waals surface area contributed by atoms with Gasteiger partial charge in [0.1, 0.15) is 5.75 Å². The van der Waals surface area contributed by atoms with E-state index in [-0.39, 0.29) is 24.5 Å². The fourth-order valence-electron chi connectivity index (χ4n) is 2.22. The van der Waals surface area contributed by atoms with Crippen LogP contribution in [0, 0.1) is 6.92 Å². The zero-order valence-corrected chi connectivity index (χ0v) is 14.6. The summed E-state index contributed by atoms with van der Waals surface area (Å²) in [7, 11) is 0. The lowest BCUT2D eigenvalue weighted by atomic mass is 10.2. The summed E-state index contributed by atoms with van der Waals surface area (Å²) in [6.07, 6.45) is 4.05. The van der Waals surface area contributed by atoms with E-state index in [0.29, 0.717) is 11.3 Å². The van der Waals surface area contributed by atoms with Crippen LogP contribution in [0.5, 0.6) is 5.75 Å². The first-order valence-electron chi connectivity index (χ1n) is 8.36. The highest BCUT2D eigenvalue weighted by Crippen LogP contribution is 2.11. The minimum atomic E-state index is -0.271. The number of ether oxygens (including phenoxy) is 1. The lowest BCUT2D eigenvalue weighted by molar-refractivity contribution is 0.298. The van der Waals surface area contributed by atoms with Crippen LogP contribution >= 0.6 is 0 Å². The van der Waals surface area contributed by atoms with Crippen LogP contribution < -0.4 is 15.7 Å². The molecule has 1 aromatic heterocycles. The van der Waals surface area contributed by atoms with Crippen molar-refractivity contribution in [3.8, 4) is 5.75 Å². The average molecular weight is 344 g/mol. The summed E-state index contributed by atoms with van der Waals surface area (Å²) >= 11 is 0. The number of hydrogen-bond acceptors (Lipinski definition) is 6. The van der Waals surface area contributed by atoms with Crippen LogP contribution in [0.25, 0.3) is 0 Å². The molecule has 0 saturated carbocycles. The number of aliphatic hydroxyl groups is 1. The Bertz CT molecular complexity index is 754. The van der Waals surface area contributed by atoms with Gasteiger partial charge < -0.3 is 9.84 Å². The fourth-order valence-corrected chi connectivity index (χ4v) is 2.22. The highest BCUT2D eigenvalue weighted by atomic mass is 16.5. The van der Waals surface area contributed by atoms with Gasteiger partial charge in [0, 0.05) is 18.6 Å². The molecule has 0 unspecified atom stereocenters. The minimum absolute atomic E-state index is 0.0886. The van der Waals surface area contributed by atoms with Crippen molar-refractivity contribution >= 4 is 12.2 Å². The van der Waals surface area contributed by atoms with Crippen LogP contribution in [0.4, 0.5) is 5.95 Å². The number of aliphatic hydroxyl groups excluding tert-OH is 1. The van der Waals surface area contributed by atoms with Crippen molar-refractivity contribution in [1.29, 1.82) is 0 Å². The van der Waals surface area contributed by atoms with Crippen molar-refractivity contribution in [2.24, 2.45) is 5.10 Å². The van der Waals surface area contributed by atoms with E-state index < -0.39 is 0 Å². The van der Waals surface area contributed by atoms with Gasteiger partial charge >= 0.3 is 0 Å². The standard InChI is InChI=1S/C18H24N4O3/c1-3-4-11-25-15-7-5-14(6-8-15)12-19-22-18-20-13(2)16(9-10-23)17(24)21-18/h5-8,12,23H,3-4,9-11H2,1-2H3,(H2,20,21,22,24)/b19-12-. The largest absolute Gasteiger partial charge is 0.494 e. The third kappa shape index (κ3) is 5.72. The molecular weight excluding hydrogens is 320 g/mol. The van der Waals surface area contributed by atoms with Crippen LogP contribution in [0.1, 0.15) is 36.6 Å². The molecule has 7 nitrogen and oxygen atoms in total. The van der Waals surface area contributed by atoms with Crippen LogP contribution in [-0.4, -0.2) is 34.5 Å². The molecule has 0 aliphatic rings. The molecule has 0 aliphatic heterocycles. The molecule has 0 amide bonds. The van der Waals surface area contributed by atoms with Gasteiger partial charge in [-0.2, -0.15) is 5.10 Å². The van der Waals surface area contributed by atoms with Crippen LogP contribution in [-0.2, 0) is 6.42 Å². The number of nitrogens with one attached hydrogen (secondary N) is 2. The predicted molar refractivity (Wildman–Crippen MR) is 98.4 cm³/mol. The Balaban J connectivity index is 1.95. The lowest BCUT2D eigenvalue weighted by Gasteiger charge is -2.06. The molecule has 0 fully saturated rings. The smallest absolute Gasteiger partial charge is 0.255 e. The van der Waals surface area contributed by atoms with E-state index in [1.54, 1.807) is 13.1 Å². The van der Waals surface area contributed by atoms with Gasteiger partial charge in [-0.15, -0.1) is 0 Å². The SMILES string of the molecule is CCCCOc1ccc(/C=N\Nc2nc(C)c(CCO)c(=O)[nH]2)cc1. The molecule has 0 aliphatic carbocycles. The van der Waals surface area contributed by atoms with E-state index in [1.807, 2.05) is 24.3 Å². The first-order chi connectivity index (χ1) is 12.1. The third-order valence-corrected chi connectivity index (χ3v) is 3.61. The molecule has 0 bridgehead atoms. The first kappa shape index (κ1) is 18.7. The molecule has 0 spiro atoms. The number of hydrazone groups is 1. The maximum absolute atomic E-state index is 11.9. The predicted octanol–water partition coefficient (Wildman–Crippen LogP) is 2.24. The van der Waals surface area contributed by atoms with E-state index >= 15 is 0 Å². The number of benzene rings is 1. The molecule has 0 saturated heterocycles. The maximum atomic E-state index is 11.9. The molecule has 2 aromatic rings. The molecule has 1 heterocycles. The number of aromatic nitrogens is 2. The van der Waals surface area contributed by atoms with Crippen molar-refractivity contribution in [2.45, 2.75) is 33.1 Å². The van der Waals surface area contributed by atoms with E-state index in [9.17, 15) is 4.79 Å². The summed E-state index contributed by atoms with van der Waals surface area (Å²) in [4.78, 5) is 18.7. The summed E-state index contributed by atoms with van der Waals surface area (Å²) < 4.78 is 5.60. The first-order valence-corrected chi connectivity index (χ1v) is 8.36. The Labute approximate surface area is 146 Å². The van der Waals surface area contributed by atoms with Crippen molar-refractivity contribution in [2.75, 3.05) is 18.6 Å². The van der Waals surface area contributed by atoms with Crippen molar-refractivity contribution in [1.82, 2.24) is 9.97 Å². The topological polar surface area (TPSA) is 99.6 Å². The minimum Gasteiger partial charge on any atom is -0.494 e. The number of nitrogens with zero attached hydrogens (tertiary/aromatic N) is 2. The number of rotatable bonds is 9. The van der Waals surface area contributed by atoms with Gasteiger partial charge in [-0.1, -0.05) is 13.3 Å². The van der Waals surface area contributed by atoms with Crippen molar-refractivity contribution < 1.29 is 9.84 Å². The number of hydrogen-bond donors (Lipinski definition) is 3. The second-order valence-electron chi connectivity index (χ2n) is 5.59. The molecule has 2 rings (SSSR count). The summed E-state index contributed by atoms with van der Waals surface area (Å²) in [5.74, 6) is 1.10. The Morgan fingerprint density at radius 1 is 1.36 bits per heavy atom. The van der Waals surface area contributed by atoms with E-state index in [0.717, 1.165) is 30.8 Å². The molecule has 3 N–H and O–H groups in total. The molecule has 1 aromatic carbocycles. The van der Waals surface area contributed by atoms with E-state index in [1.165, 1.54) is 0 Å². The average Bonchev–Trinajstić information content (AvgIpc) is 2.60. The quantitative estimate of drug-likeness (QED) is 0.368. The number of aryl methyl sites for hydroxylation is 1. The summed E-state index contributed by atoms with van der Waals surface area (Å²) in [6, 6.07) is 7.59. The fraction of sp³-hybridized carbons (Fsp3) is 0.389. The van der Waals surface area contributed by atoms with Gasteiger partial charge in [-0.3, -0.25) is 9.78 Å². The summed E-state index contributed by atoms with van der Waals surface area (Å²) in [6.45, 7) is 4.48. The van der Waals surface area contributed by atoms with Gasteiger partial charge in [0.25, 0.3) is 5.56 Å². The summed E-state index contributed by atoms with van der Waals surface area (Å²) in [5, 5.41) is 13.0.